The van der Waals surface area contributed by atoms with Gasteiger partial charge < -0.3 is 20.5 Å². The van der Waals surface area contributed by atoms with E-state index in [1.807, 2.05) is 32.0 Å². The Kier molecular flexibility index (Phi) is 9.30. The van der Waals surface area contributed by atoms with Crippen molar-refractivity contribution in [3.05, 3.63) is 47.8 Å². The van der Waals surface area contributed by atoms with Crippen LogP contribution in [-0.4, -0.2) is 30.6 Å². The number of carbonyl (C=O) groups excluding carboxylic acids is 1. The van der Waals surface area contributed by atoms with Gasteiger partial charge in [-0.05, 0) is 50.1 Å². The standard InChI is InChI=1S/C19H25N3O3.ClH/c1-3-24-17-8-5-14(11-18(17)25-4-2)9-10-21-19(23)12-16-7-6-15(20)13-22-16;/h5-8,11,13H,3-4,9-10,12,20H2,1-2H3,(H,21,23);1H. The summed E-state index contributed by atoms with van der Waals surface area (Å²) in [5.74, 6) is 1.42. The van der Waals surface area contributed by atoms with Gasteiger partial charge in [0.1, 0.15) is 0 Å². The number of nitrogens with one attached hydrogen (secondary N) is 1. The lowest BCUT2D eigenvalue weighted by molar-refractivity contribution is -0.120. The molecule has 26 heavy (non-hydrogen) atoms. The number of aromatic nitrogens is 1. The molecule has 142 valence electrons. The molecule has 0 saturated carbocycles. The van der Waals surface area contributed by atoms with Crippen molar-refractivity contribution in [3.63, 3.8) is 0 Å². The summed E-state index contributed by atoms with van der Waals surface area (Å²) >= 11 is 0. The molecule has 1 aromatic heterocycles. The van der Waals surface area contributed by atoms with Crippen LogP contribution in [0.4, 0.5) is 5.69 Å². The fraction of sp³-hybridized carbons (Fsp3) is 0.368. The Labute approximate surface area is 160 Å². The summed E-state index contributed by atoms with van der Waals surface area (Å²) in [4.78, 5) is 16.1. The number of nitrogen functional groups attached to an aromatic ring is 1. The number of nitrogens with two attached hydrogens (primary N) is 1. The predicted molar refractivity (Wildman–Crippen MR) is 105 cm³/mol. The Morgan fingerprint density at radius 3 is 2.50 bits per heavy atom. The van der Waals surface area contributed by atoms with Crippen molar-refractivity contribution in [1.82, 2.24) is 10.3 Å². The van der Waals surface area contributed by atoms with Crippen LogP contribution in [0.25, 0.3) is 0 Å². The van der Waals surface area contributed by atoms with Gasteiger partial charge in [0.15, 0.2) is 11.5 Å². The minimum atomic E-state index is -0.0618. The lowest BCUT2D eigenvalue weighted by Crippen LogP contribution is -2.27. The predicted octanol–water partition coefficient (Wildman–Crippen LogP) is 2.78. The highest BCUT2D eigenvalue weighted by Gasteiger charge is 2.07. The fourth-order valence-electron chi connectivity index (χ4n) is 2.36. The number of carbonyl (C=O) groups is 1. The molecule has 2 aromatic rings. The first-order chi connectivity index (χ1) is 12.1. The second kappa shape index (κ2) is 11.2. The Hall–Kier alpha value is -2.47. The fourth-order valence-corrected chi connectivity index (χ4v) is 2.36. The van der Waals surface area contributed by atoms with E-state index in [-0.39, 0.29) is 24.7 Å². The van der Waals surface area contributed by atoms with Gasteiger partial charge in [-0.2, -0.15) is 0 Å². The van der Waals surface area contributed by atoms with Gasteiger partial charge in [0.25, 0.3) is 0 Å². The third-order valence-electron chi connectivity index (χ3n) is 3.53. The summed E-state index contributed by atoms with van der Waals surface area (Å²) in [6, 6.07) is 9.36. The maximum absolute atomic E-state index is 12.0. The SMILES string of the molecule is CCOc1ccc(CCNC(=O)Cc2ccc(N)cn2)cc1OCC.Cl. The monoisotopic (exact) mass is 379 g/mol. The van der Waals surface area contributed by atoms with Gasteiger partial charge in [-0.15, -0.1) is 12.4 Å². The van der Waals surface area contributed by atoms with E-state index in [9.17, 15) is 4.79 Å². The summed E-state index contributed by atoms with van der Waals surface area (Å²) in [5.41, 5.74) is 7.95. The Morgan fingerprint density at radius 1 is 1.12 bits per heavy atom. The molecule has 0 fully saturated rings. The van der Waals surface area contributed by atoms with Crippen LogP contribution in [0.2, 0.25) is 0 Å². The average molecular weight is 380 g/mol. The number of anilines is 1. The van der Waals surface area contributed by atoms with Crippen molar-refractivity contribution in [2.75, 3.05) is 25.5 Å². The van der Waals surface area contributed by atoms with Crippen LogP contribution >= 0.6 is 12.4 Å². The molecular formula is C19H26ClN3O3. The normalized spacial score (nSPS) is 9.92. The highest BCUT2D eigenvalue weighted by Crippen LogP contribution is 2.28. The lowest BCUT2D eigenvalue weighted by atomic mass is 10.1. The molecule has 0 atom stereocenters. The van der Waals surface area contributed by atoms with Crippen LogP contribution in [0.1, 0.15) is 25.1 Å². The van der Waals surface area contributed by atoms with Gasteiger partial charge in [0.2, 0.25) is 5.91 Å². The number of nitrogens with zero attached hydrogens (tertiary/aromatic N) is 1. The zero-order chi connectivity index (χ0) is 18.1. The summed E-state index contributed by atoms with van der Waals surface area (Å²) in [7, 11) is 0. The van der Waals surface area contributed by atoms with E-state index in [1.165, 1.54) is 0 Å². The molecule has 3 N–H and O–H groups in total. The molecule has 6 nitrogen and oxygen atoms in total. The maximum atomic E-state index is 12.0. The van der Waals surface area contributed by atoms with Crippen LogP contribution in [-0.2, 0) is 17.6 Å². The molecule has 7 heteroatoms. The Balaban J connectivity index is 0.00000338. The van der Waals surface area contributed by atoms with Crippen molar-refractivity contribution < 1.29 is 14.3 Å². The van der Waals surface area contributed by atoms with E-state index < -0.39 is 0 Å². The van der Waals surface area contributed by atoms with Gasteiger partial charge >= 0.3 is 0 Å². The molecule has 0 aliphatic rings. The van der Waals surface area contributed by atoms with E-state index in [4.69, 9.17) is 15.2 Å². The van der Waals surface area contributed by atoms with E-state index in [0.717, 1.165) is 17.1 Å². The quantitative estimate of drug-likeness (QED) is 0.699. The van der Waals surface area contributed by atoms with Crippen molar-refractivity contribution >= 4 is 24.0 Å². The number of hydrogen-bond acceptors (Lipinski definition) is 5. The van der Waals surface area contributed by atoms with Gasteiger partial charge in [-0.25, -0.2) is 0 Å². The highest BCUT2D eigenvalue weighted by atomic mass is 35.5. The Morgan fingerprint density at radius 2 is 1.85 bits per heavy atom. The molecule has 0 unspecified atom stereocenters. The van der Waals surface area contributed by atoms with Gasteiger partial charge in [-0.3, -0.25) is 9.78 Å². The van der Waals surface area contributed by atoms with Crippen molar-refractivity contribution in [1.29, 1.82) is 0 Å². The number of halogens is 1. The minimum absolute atomic E-state index is 0. The van der Waals surface area contributed by atoms with E-state index in [0.29, 0.717) is 37.6 Å². The molecule has 1 aromatic carbocycles. The lowest BCUT2D eigenvalue weighted by Gasteiger charge is -2.12. The number of rotatable bonds is 9. The molecule has 0 aliphatic heterocycles. The molecule has 1 heterocycles. The number of ether oxygens (including phenoxy) is 2. The maximum Gasteiger partial charge on any atom is 0.226 e. The van der Waals surface area contributed by atoms with E-state index >= 15 is 0 Å². The molecule has 0 saturated heterocycles. The van der Waals surface area contributed by atoms with E-state index in [2.05, 4.69) is 10.3 Å². The van der Waals surface area contributed by atoms with Crippen LogP contribution in [0, 0.1) is 0 Å². The zero-order valence-electron chi connectivity index (χ0n) is 15.2. The van der Waals surface area contributed by atoms with Crippen molar-refractivity contribution in [2.45, 2.75) is 26.7 Å². The molecule has 2 rings (SSSR count). The minimum Gasteiger partial charge on any atom is -0.490 e. The summed E-state index contributed by atoms with van der Waals surface area (Å²) < 4.78 is 11.2. The molecule has 1 amide bonds. The Bertz CT molecular complexity index is 693. The van der Waals surface area contributed by atoms with Crippen LogP contribution in [0.5, 0.6) is 11.5 Å². The molecule has 0 bridgehead atoms. The van der Waals surface area contributed by atoms with Crippen molar-refractivity contribution in [3.8, 4) is 11.5 Å². The van der Waals surface area contributed by atoms with E-state index in [1.54, 1.807) is 18.3 Å². The summed E-state index contributed by atoms with van der Waals surface area (Å²) in [6.07, 6.45) is 2.51. The van der Waals surface area contributed by atoms with Gasteiger partial charge in [-0.1, -0.05) is 6.07 Å². The first kappa shape index (κ1) is 21.6. The number of pyridine rings is 1. The number of benzene rings is 1. The topological polar surface area (TPSA) is 86.5 Å². The smallest absolute Gasteiger partial charge is 0.226 e. The molecule has 0 spiro atoms. The molecular weight excluding hydrogens is 354 g/mol. The van der Waals surface area contributed by atoms with Gasteiger partial charge in [0.05, 0.1) is 31.5 Å². The average Bonchev–Trinajstić information content (AvgIpc) is 2.59. The highest BCUT2D eigenvalue weighted by molar-refractivity contribution is 5.85. The second-order valence-electron chi connectivity index (χ2n) is 5.51. The van der Waals surface area contributed by atoms with Crippen molar-refractivity contribution in [2.24, 2.45) is 0 Å². The van der Waals surface area contributed by atoms with Crippen LogP contribution < -0.4 is 20.5 Å². The summed E-state index contributed by atoms with van der Waals surface area (Å²) in [6.45, 7) is 5.60. The number of hydrogen-bond donors (Lipinski definition) is 2. The van der Waals surface area contributed by atoms with Crippen LogP contribution in [0.15, 0.2) is 36.5 Å². The number of amides is 1. The zero-order valence-corrected chi connectivity index (χ0v) is 16.0. The third-order valence-corrected chi connectivity index (χ3v) is 3.53. The largest absolute Gasteiger partial charge is 0.490 e. The second-order valence-corrected chi connectivity index (χ2v) is 5.51. The molecule has 0 radical (unpaired) electrons. The third kappa shape index (κ3) is 6.80. The first-order valence-corrected chi connectivity index (χ1v) is 8.48. The van der Waals surface area contributed by atoms with Gasteiger partial charge in [0, 0.05) is 12.2 Å². The summed E-state index contributed by atoms with van der Waals surface area (Å²) in [5, 5.41) is 2.90. The molecule has 0 aliphatic carbocycles. The van der Waals surface area contributed by atoms with Crippen LogP contribution in [0.3, 0.4) is 0 Å². The first-order valence-electron chi connectivity index (χ1n) is 8.48.